The van der Waals surface area contributed by atoms with Gasteiger partial charge in [-0.05, 0) is 55.0 Å². The monoisotopic (exact) mass is 367 g/mol. The summed E-state index contributed by atoms with van der Waals surface area (Å²) in [4.78, 5) is 12.9. The van der Waals surface area contributed by atoms with Crippen LogP contribution in [0.3, 0.4) is 0 Å². The summed E-state index contributed by atoms with van der Waals surface area (Å²) in [7, 11) is 0. The van der Waals surface area contributed by atoms with Crippen LogP contribution in [0.1, 0.15) is 50.9 Å². The topological polar surface area (TPSA) is 67.1 Å². The third-order valence-corrected chi connectivity index (χ3v) is 4.64. The molecule has 146 valence electrons. The average molecular weight is 368 g/mol. The zero-order valence-corrected chi connectivity index (χ0v) is 17.0. The molecular formula is C23H33N3O. The van der Waals surface area contributed by atoms with Crippen molar-refractivity contribution in [1.29, 1.82) is 0 Å². The van der Waals surface area contributed by atoms with E-state index in [4.69, 9.17) is 5.73 Å². The Morgan fingerprint density at radius 3 is 2.41 bits per heavy atom. The highest BCUT2D eigenvalue weighted by atomic mass is 16.1. The van der Waals surface area contributed by atoms with Gasteiger partial charge in [-0.15, -0.1) is 0 Å². The Morgan fingerprint density at radius 1 is 1.07 bits per heavy atom. The maximum Gasteiger partial charge on any atom is 0.252 e. The molecule has 0 heterocycles. The van der Waals surface area contributed by atoms with Gasteiger partial charge in [-0.1, -0.05) is 51.1 Å². The van der Waals surface area contributed by atoms with Gasteiger partial charge in [0.1, 0.15) is 0 Å². The van der Waals surface area contributed by atoms with Crippen molar-refractivity contribution in [2.24, 2.45) is 11.7 Å². The summed E-state index contributed by atoms with van der Waals surface area (Å²) in [5.74, 6) is 0.516. The number of nitrogens with two attached hydrogens (primary N) is 1. The fourth-order valence-electron chi connectivity index (χ4n) is 3.17. The molecule has 2 atom stereocenters. The number of amides is 1. The number of hydrogen-bond acceptors (Lipinski definition) is 3. The van der Waals surface area contributed by atoms with E-state index in [1.807, 2.05) is 48.5 Å². The molecule has 4 nitrogen and oxygen atoms in total. The summed E-state index contributed by atoms with van der Waals surface area (Å²) in [5.41, 5.74) is 9.65. The second kappa shape index (κ2) is 10.1. The second-order valence-corrected chi connectivity index (χ2v) is 7.68. The van der Waals surface area contributed by atoms with Crippen molar-refractivity contribution in [1.82, 2.24) is 5.32 Å². The predicted octanol–water partition coefficient (Wildman–Crippen LogP) is 4.67. The Balaban J connectivity index is 2.28. The van der Waals surface area contributed by atoms with Gasteiger partial charge in [0.15, 0.2) is 0 Å². The van der Waals surface area contributed by atoms with Gasteiger partial charge in [-0.2, -0.15) is 0 Å². The lowest BCUT2D eigenvalue weighted by Gasteiger charge is -2.19. The van der Waals surface area contributed by atoms with E-state index in [-0.39, 0.29) is 18.0 Å². The zero-order valence-electron chi connectivity index (χ0n) is 17.0. The van der Waals surface area contributed by atoms with Gasteiger partial charge < -0.3 is 16.4 Å². The normalized spacial score (nSPS) is 13.3. The first-order valence-electron chi connectivity index (χ1n) is 9.90. The molecule has 0 saturated heterocycles. The largest absolute Gasteiger partial charge is 0.383 e. The Hall–Kier alpha value is -2.33. The summed E-state index contributed by atoms with van der Waals surface area (Å²) in [6.45, 7) is 9.18. The fourth-order valence-corrected chi connectivity index (χ4v) is 3.17. The van der Waals surface area contributed by atoms with E-state index in [9.17, 15) is 4.79 Å². The van der Waals surface area contributed by atoms with E-state index in [0.717, 1.165) is 29.7 Å². The smallest absolute Gasteiger partial charge is 0.252 e. The van der Waals surface area contributed by atoms with Crippen molar-refractivity contribution < 1.29 is 4.79 Å². The minimum atomic E-state index is -0.0289. The van der Waals surface area contributed by atoms with Crippen LogP contribution in [0.4, 0.5) is 5.69 Å². The number of nitrogens with one attached hydrogen (secondary N) is 2. The highest BCUT2D eigenvalue weighted by Crippen LogP contribution is 2.27. The first-order valence-corrected chi connectivity index (χ1v) is 9.90. The highest BCUT2D eigenvalue weighted by molar-refractivity contribution is 6.01. The van der Waals surface area contributed by atoms with Gasteiger partial charge in [0.25, 0.3) is 5.91 Å². The summed E-state index contributed by atoms with van der Waals surface area (Å²) >= 11 is 0. The molecule has 2 unspecified atom stereocenters. The first-order chi connectivity index (χ1) is 12.9. The predicted molar refractivity (Wildman–Crippen MR) is 115 cm³/mol. The molecule has 27 heavy (non-hydrogen) atoms. The number of benzene rings is 2. The summed E-state index contributed by atoms with van der Waals surface area (Å²) in [6.07, 6.45) is 1.88. The molecule has 0 spiro atoms. The van der Waals surface area contributed by atoms with Crippen LogP contribution in [0.15, 0.2) is 48.5 Å². The molecule has 0 aliphatic carbocycles. The Morgan fingerprint density at radius 2 is 1.78 bits per heavy atom. The SMILES string of the molecule is CCC(N)CNc1ccc(C(=O)NC(C)CC(C)C)c(-c2ccccc2)c1. The van der Waals surface area contributed by atoms with Crippen molar-refractivity contribution in [3.05, 3.63) is 54.1 Å². The molecule has 0 radical (unpaired) electrons. The number of rotatable bonds is 9. The Kier molecular flexibility index (Phi) is 7.86. The molecule has 0 saturated carbocycles. The summed E-state index contributed by atoms with van der Waals surface area (Å²) in [6, 6.07) is 16.2. The lowest BCUT2D eigenvalue weighted by atomic mass is 9.97. The van der Waals surface area contributed by atoms with Crippen molar-refractivity contribution in [3.8, 4) is 11.1 Å². The fraction of sp³-hybridized carbons (Fsp3) is 0.435. The molecule has 0 fully saturated rings. The Labute approximate surface area is 163 Å². The molecule has 4 heteroatoms. The van der Waals surface area contributed by atoms with Crippen LogP contribution in [0.2, 0.25) is 0 Å². The standard InChI is InChI=1S/C23H33N3O/c1-5-19(24)15-25-20-11-12-21(23(27)26-17(4)13-16(2)3)22(14-20)18-9-7-6-8-10-18/h6-12,14,16-17,19,25H,5,13,15,24H2,1-4H3,(H,26,27). The van der Waals surface area contributed by atoms with Crippen molar-refractivity contribution in [3.63, 3.8) is 0 Å². The van der Waals surface area contributed by atoms with E-state index in [1.54, 1.807) is 0 Å². The molecule has 0 aliphatic rings. The molecular weight excluding hydrogens is 334 g/mol. The van der Waals surface area contributed by atoms with Crippen molar-refractivity contribution in [2.75, 3.05) is 11.9 Å². The van der Waals surface area contributed by atoms with Gasteiger partial charge in [0, 0.05) is 29.9 Å². The zero-order chi connectivity index (χ0) is 19.8. The number of carbonyl (C=O) groups is 1. The molecule has 4 N–H and O–H groups in total. The Bertz CT molecular complexity index is 728. The molecule has 2 aromatic rings. The number of anilines is 1. The van der Waals surface area contributed by atoms with Crippen LogP contribution in [0.5, 0.6) is 0 Å². The maximum absolute atomic E-state index is 12.9. The van der Waals surface area contributed by atoms with Crippen molar-refractivity contribution >= 4 is 11.6 Å². The van der Waals surface area contributed by atoms with Gasteiger partial charge in [-0.3, -0.25) is 4.79 Å². The molecule has 2 aromatic carbocycles. The lowest BCUT2D eigenvalue weighted by Crippen LogP contribution is -2.33. The molecule has 0 aromatic heterocycles. The second-order valence-electron chi connectivity index (χ2n) is 7.68. The van der Waals surface area contributed by atoms with Gasteiger partial charge in [-0.25, -0.2) is 0 Å². The molecule has 2 rings (SSSR count). The number of carbonyl (C=O) groups excluding carboxylic acids is 1. The van der Waals surface area contributed by atoms with Crippen LogP contribution in [-0.4, -0.2) is 24.5 Å². The lowest BCUT2D eigenvalue weighted by molar-refractivity contribution is 0.0937. The van der Waals surface area contributed by atoms with Gasteiger partial charge >= 0.3 is 0 Å². The third-order valence-electron chi connectivity index (χ3n) is 4.64. The molecule has 0 bridgehead atoms. The molecule has 0 aliphatic heterocycles. The first kappa shape index (κ1) is 21.0. The minimum absolute atomic E-state index is 0.0289. The van der Waals surface area contributed by atoms with E-state index in [1.165, 1.54) is 0 Å². The van der Waals surface area contributed by atoms with Crippen molar-refractivity contribution in [2.45, 2.75) is 52.6 Å². The van der Waals surface area contributed by atoms with Crippen LogP contribution in [-0.2, 0) is 0 Å². The van der Waals surface area contributed by atoms with E-state index in [2.05, 4.69) is 38.3 Å². The van der Waals surface area contributed by atoms with Gasteiger partial charge in [0.2, 0.25) is 0 Å². The summed E-state index contributed by atoms with van der Waals surface area (Å²) < 4.78 is 0. The molecule has 1 amide bonds. The van der Waals surface area contributed by atoms with E-state index >= 15 is 0 Å². The van der Waals surface area contributed by atoms with Crippen LogP contribution < -0.4 is 16.4 Å². The van der Waals surface area contributed by atoms with E-state index < -0.39 is 0 Å². The average Bonchev–Trinajstić information content (AvgIpc) is 2.65. The highest BCUT2D eigenvalue weighted by Gasteiger charge is 2.16. The van der Waals surface area contributed by atoms with E-state index in [0.29, 0.717) is 18.0 Å². The summed E-state index contributed by atoms with van der Waals surface area (Å²) in [5, 5.41) is 6.52. The van der Waals surface area contributed by atoms with Crippen LogP contribution in [0.25, 0.3) is 11.1 Å². The van der Waals surface area contributed by atoms with Crippen LogP contribution in [0, 0.1) is 5.92 Å². The number of hydrogen-bond donors (Lipinski definition) is 3. The maximum atomic E-state index is 12.9. The quantitative estimate of drug-likeness (QED) is 0.603. The van der Waals surface area contributed by atoms with Crippen LogP contribution >= 0.6 is 0 Å². The third kappa shape index (κ3) is 6.40. The minimum Gasteiger partial charge on any atom is -0.383 e. The van der Waals surface area contributed by atoms with Gasteiger partial charge in [0.05, 0.1) is 0 Å².